The molecule has 0 N–H and O–H groups in total. The molecule has 0 bridgehead atoms. The summed E-state index contributed by atoms with van der Waals surface area (Å²) in [7, 11) is 0. The van der Waals surface area contributed by atoms with E-state index in [0.717, 1.165) is 11.3 Å². The minimum Gasteiger partial charge on any atom is -0.391 e. The fourth-order valence-corrected chi connectivity index (χ4v) is 3.50. The van der Waals surface area contributed by atoms with Gasteiger partial charge in [-0.2, -0.15) is 0 Å². The second kappa shape index (κ2) is 7.34. The Morgan fingerprint density at radius 3 is 2.85 bits per heavy atom. The molecule has 1 unspecified atom stereocenters. The standard InChI is InChI=1S/C17H20ClF2N3O3/c1-11-2-5-15(24)23(8-11)13-6-17(19,20)10-22(9-13)16(25)26-14-4-3-12(18)7-21-14/h3-4,7,11,13H,2,5-6,8-10H2,1H3/t11-,13?/m1/s1. The normalized spacial score (nSPS) is 25.9. The van der Waals surface area contributed by atoms with E-state index in [1.807, 2.05) is 6.92 Å². The number of pyridine rings is 1. The molecular formula is C17H20ClF2N3O3. The van der Waals surface area contributed by atoms with Crippen molar-refractivity contribution >= 4 is 23.6 Å². The number of carbonyl (C=O) groups excluding carboxylic acids is 2. The molecule has 2 amide bonds. The molecule has 2 fully saturated rings. The molecular weight excluding hydrogens is 368 g/mol. The maximum absolute atomic E-state index is 14.2. The van der Waals surface area contributed by atoms with Gasteiger partial charge in [-0.3, -0.25) is 9.69 Å². The van der Waals surface area contributed by atoms with Crippen LogP contribution < -0.4 is 4.74 Å². The lowest BCUT2D eigenvalue weighted by atomic mass is 9.94. The van der Waals surface area contributed by atoms with Gasteiger partial charge in [0.2, 0.25) is 11.8 Å². The van der Waals surface area contributed by atoms with Crippen molar-refractivity contribution < 1.29 is 23.1 Å². The molecule has 26 heavy (non-hydrogen) atoms. The number of aromatic nitrogens is 1. The van der Waals surface area contributed by atoms with Gasteiger partial charge in [0.15, 0.2) is 0 Å². The van der Waals surface area contributed by atoms with E-state index in [4.69, 9.17) is 16.3 Å². The summed E-state index contributed by atoms with van der Waals surface area (Å²) in [6.45, 7) is 1.69. The number of ether oxygens (including phenoxy) is 1. The highest BCUT2D eigenvalue weighted by Crippen LogP contribution is 2.32. The number of piperidine rings is 2. The molecule has 0 spiro atoms. The first-order chi connectivity index (χ1) is 12.2. The van der Waals surface area contributed by atoms with Gasteiger partial charge in [0, 0.05) is 38.2 Å². The molecule has 9 heteroatoms. The number of hydrogen-bond acceptors (Lipinski definition) is 4. The van der Waals surface area contributed by atoms with Crippen LogP contribution in [0.3, 0.4) is 0 Å². The zero-order valence-electron chi connectivity index (χ0n) is 14.3. The first kappa shape index (κ1) is 18.8. The van der Waals surface area contributed by atoms with E-state index in [-0.39, 0.29) is 24.2 Å². The second-order valence-corrected chi connectivity index (χ2v) is 7.40. The average Bonchev–Trinajstić information content (AvgIpc) is 2.57. The van der Waals surface area contributed by atoms with Crippen LogP contribution in [-0.2, 0) is 4.79 Å². The molecule has 1 aromatic heterocycles. The van der Waals surface area contributed by atoms with E-state index in [1.165, 1.54) is 23.2 Å². The van der Waals surface area contributed by atoms with Gasteiger partial charge in [0.05, 0.1) is 17.6 Å². The molecule has 0 aromatic carbocycles. The summed E-state index contributed by atoms with van der Waals surface area (Å²) in [5.41, 5.74) is 0. The molecule has 3 rings (SSSR count). The van der Waals surface area contributed by atoms with Crippen LogP contribution in [0.1, 0.15) is 26.2 Å². The van der Waals surface area contributed by atoms with Gasteiger partial charge in [0.25, 0.3) is 5.92 Å². The van der Waals surface area contributed by atoms with Gasteiger partial charge < -0.3 is 9.64 Å². The Morgan fingerprint density at radius 1 is 1.38 bits per heavy atom. The van der Waals surface area contributed by atoms with E-state index in [0.29, 0.717) is 18.0 Å². The first-order valence-electron chi connectivity index (χ1n) is 8.49. The van der Waals surface area contributed by atoms with Crippen molar-refractivity contribution in [3.63, 3.8) is 0 Å². The predicted octanol–water partition coefficient (Wildman–Crippen LogP) is 3.20. The van der Waals surface area contributed by atoms with Gasteiger partial charge in [-0.1, -0.05) is 18.5 Å². The number of carbonyl (C=O) groups is 2. The summed E-state index contributed by atoms with van der Waals surface area (Å²) >= 11 is 5.71. The molecule has 2 aliphatic heterocycles. The van der Waals surface area contributed by atoms with E-state index in [9.17, 15) is 18.4 Å². The maximum atomic E-state index is 14.2. The van der Waals surface area contributed by atoms with Crippen LogP contribution in [0, 0.1) is 5.92 Å². The summed E-state index contributed by atoms with van der Waals surface area (Å²) in [6.07, 6.45) is 1.04. The van der Waals surface area contributed by atoms with Gasteiger partial charge in [-0.25, -0.2) is 18.6 Å². The Hall–Kier alpha value is -1.96. The van der Waals surface area contributed by atoms with Crippen molar-refractivity contribution in [2.75, 3.05) is 19.6 Å². The molecule has 2 atom stereocenters. The van der Waals surface area contributed by atoms with E-state index in [2.05, 4.69) is 4.98 Å². The molecule has 1 aromatic rings. The van der Waals surface area contributed by atoms with Crippen molar-refractivity contribution in [1.82, 2.24) is 14.8 Å². The van der Waals surface area contributed by atoms with Gasteiger partial charge >= 0.3 is 6.09 Å². The summed E-state index contributed by atoms with van der Waals surface area (Å²) in [4.78, 5) is 30.7. The number of likely N-dealkylation sites (tertiary alicyclic amines) is 2. The Bertz CT molecular complexity index is 686. The van der Waals surface area contributed by atoms with Gasteiger partial charge in [-0.05, 0) is 18.4 Å². The Kier molecular flexibility index (Phi) is 5.32. The second-order valence-electron chi connectivity index (χ2n) is 6.97. The average molecular weight is 388 g/mol. The fourth-order valence-electron chi connectivity index (χ4n) is 3.39. The monoisotopic (exact) mass is 387 g/mol. The van der Waals surface area contributed by atoms with Gasteiger partial charge in [-0.15, -0.1) is 0 Å². The minimum absolute atomic E-state index is 0.0144. The molecule has 0 radical (unpaired) electrons. The molecule has 2 aliphatic rings. The lowest BCUT2D eigenvalue weighted by Gasteiger charge is -2.44. The maximum Gasteiger partial charge on any atom is 0.416 e. The third-order valence-corrected chi connectivity index (χ3v) is 4.88. The third-order valence-electron chi connectivity index (χ3n) is 4.66. The molecule has 3 heterocycles. The Labute approximate surface area is 155 Å². The highest BCUT2D eigenvalue weighted by atomic mass is 35.5. The smallest absolute Gasteiger partial charge is 0.391 e. The van der Waals surface area contributed by atoms with Crippen molar-refractivity contribution in [2.45, 2.75) is 38.2 Å². The van der Waals surface area contributed by atoms with Gasteiger partial charge in [0.1, 0.15) is 0 Å². The Balaban J connectivity index is 1.71. The van der Waals surface area contributed by atoms with Crippen LogP contribution in [-0.4, -0.2) is 58.4 Å². The zero-order valence-corrected chi connectivity index (χ0v) is 15.1. The van der Waals surface area contributed by atoms with Crippen molar-refractivity contribution in [3.8, 4) is 5.88 Å². The van der Waals surface area contributed by atoms with E-state index in [1.54, 1.807) is 0 Å². The van der Waals surface area contributed by atoms with Crippen LogP contribution >= 0.6 is 11.6 Å². The summed E-state index contributed by atoms with van der Waals surface area (Å²) in [5.74, 6) is -3.00. The van der Waals surface area contributed by atoms with E-state index < -0.39 is 31.0 Å². The molecule has 0 aliphatic carbocycles. The molecule has 2 saturated heterocycles. The quantitative estimate of drug-likeness (QED) is 0.781. The highest BCUT2D eigenvalue weighted by Gasteiger charge is 2.46. The number of hydrogen-bond donors (Lipinski definition) is 0. The first-order valence-corrected chi connectivity index (χ1v) is 8.87. The summed E-state index contributed by atoms with van der Waals surface area (Å²) in [5, 5.41) is 0.368. The summed E-state index contributed by atoms with van der Waals surface area (Å²) < 4.78 is 33.5. The van der Waals surface area contributed by atoms with Crippen LogP contribution in [0.2, 0.25) is 5.02 Å². The van der Waals surface area contributed by atoms with Crippen molar-refractivity contribution in [1.29, 1.82) is 0 Å². The summed E-state index contributed by atoms with van der Waals surface area (Å²) in [6, 6.07) is 2.15. The fraction of sp³-hybridized carbons (Fsp3) is 0.588. The molecule has 0 saturated carbocycles. The van der Waals surface area contributed by atoms with Crippen LogP contribution in [0.4, 0.5) is 13.6 Å². The number of rotatable bonds is 2. The van der Waals surface area contributed by atoms with Crippen molar-refractivity contribution in [3.05, 3.63) is 23.4 Å². The van der Waals surface area contributed by atoms with Crippen LogP contribution in [0.25, 0.3) is 0 Å². The lowest BCUT2D eigenvalue weighted by molar-refractivity contribution is -0.144. The number of nitrogens with zero attached hydrogens (tertiary/aromatic N) is 3. The number of halogens is 3. The van der Waals surface area contributed by atoms with Crippen LogP contribution in [0.15, 0.2) is 18.3 Å². The Morgan fingerprint density at radius 2 is 2.15 bits per heavy atom. The molecule has 142 valence electrons. The van der Waals surface area contributed by atoms with Crippen molar-refractivity contribution in [2.24, 2.45) is 5.92 Å². The number of alkyl halides is 2. The third kappa shape index (κ3) is 4.41. The highest BCUT2D eigenvalue weighted by molar-refractivity contribution is 6.30. The predicted molar refractivity (Wildman–Crippen MR) is 90.3 cm³/mol. The zero-order chi connectivity index (χ0) is 18.9. The van der Waals surface area contributed by atoms with Crippen LogP contribution in [0.5, 0.6) is 5.88 Å². The molecule has 6 nitrogen and oxygen atoms in total. The lowest BCUT2D eigenvalue weighted by Crippen LogP contribution is -2.59. The largest absolute Gasteiger partial charge is 0.416 e. The topological polar surface area (TPSA) is 62.7 Å². The minimum atomic E-state index is -3.09. The SMILES string of the molecule is C[C@@H]1CCC(=O)N(C2CN(C(=O)Oc3ccc(Cl)cn3)CC(F)(F)C2)C1. The van der Waals surface area contributed by atoms with E-state index >= 15 is 0 Å². The number of amides is 2.